The number of methoxy groups -OCH3 is 1. The van der Waals surface area contributed by atoms with E-state index in [0.29, 0.717) is 12.8 Å². The summed E-state index contributed by atoms with van der Waals surface area (Å²) in [6.07, 6.45) is 2.79. The van der Waals surface area contributed by atoms with Gasteiger partial charge in [0, 0.05) is 29.4 Å². The molecule has 2 aromatic rings. The number of rotatable bonds is 1. The highest BCUT2D eigenvalue weighted by atomic mass is 16.5. The normalized spacial score (nSPS) is 24.0. The molecule has 0 saturated carbocycles. The molecular formula is C17H18N2O3. The first-order valence-corrected chi connectivity index (χ1v) is 7.69. The number of carbonyl (C=O) groups is 2. The van der Waals surface area contributed by atoms with Gasteiger partial charge in [0.15, 0.2) is 0 Å². The second-order valence-electron chi connectivity index (χ2n) is 6.01. The van der Waals surface area contributed by atoms with Crippen LogP contribution in [0.2, 0.25) is 0 Å². The number of amides is 1. The molecular weight excluding hydrogens is 280 g/mol. The average molecular weight is 298 g/mol. The van der Waals surface area contributed by atoms with Gasteiger partial charge in [-0.15, -0.1) is 0 Å². The first-order valence-electron chi connectivity index (χ1n) is 7.69. The number of H-pyrrole nitrogens is 1. The fraction of sp³-hybridized carbons (Fsp3) is 0.412. The van der Waals surface area contributed by atoms with E-state index in [1.807, 2.05) is 18.2 Å². The summed E-state index contributed by atoms with van der Waals surface area (Å²) in [4.78, 5) is 29.8. The summed E-state index contributed by atoms with van der Waals surface area (Å²) in [6, 6.07) is 7.55. The zero-order valence-corrected chi connectivity index (χ0v) is 12.5. The van der Waals surface area contributed by atoms with Crippen molar-refractivity contribution in [3.8, 4) is 0 Å². The maximum absolute atomic E-state index is 12.4. The molecule has 0 radical (unpaired) electrons. The lowest BCUT2D eigenvalue weighted by atomic mass is 9.86. The number of esters is 1. The maximum atomic E-state index is 12.4. The van der Waals surface area contributed by atoms with Crippen LogP contribution < -0.4 is 0 Å². The standard InChI is InChI=1S/C17H18N2O3/c1-22-17(21)14-9-11-10-5-2-3-6-12(10)18-16(11)13-7-4-8-15(20)19(13)14/h2-3,5-6,13-14,18H,4,7-9H2,1H3/t13-,14+/m1/s1. The van der Waals surface area contributed by atoms with E-state index >= 15 is 0 Å². The SMILES string of the molecule is COC(=O)[C@@H]1Cc2c([nH]c3ccccc23)[C@H]2CCCC(=O)N21. The van der Waals surface area contributed by atoms with E-state index in [0.717, 1.165) is 35.0 Å². The van der Waals surface area contributed by atoms with Gasteiger partial charge in [0.25, 0.3) is 0 Å². The highest BCUT2D eigenvalue weighted by Gasteiger charge is 2.44. The van der Waals surface area contributed by atoms with Gasteiger partial charge in [0.2, 0.25) is 5.91 Å². The van der Waals surface area contributed by atoms with Crippen LogP contribution in [0.4, 0.5) is 0 Å². The van der Waals surface area contributed by atoms with Gasteiger partial charge in [-0.05, 0) is 24.5 Å². The second-order valence-corrected chi connectivity index (χ2v) is 6.01. The molecule has 1 N–H and O–H groups in total. The van der Waals surface area contributed by atoms with E-state index in [1.165, 1.54) is 7.11 Å². The molecule has 4 rings (SSSR count). The molecule has 5 heteroatoms. The molecule has 114 valence electrons. The number of nitrogens with one attached hydrogen (secondary N) is 1. The number of hydrogen-bond donors (Lipinski definition) is 1. The fourth-order valence-electron chi connectivity index (χ4n) is 3.91. The third-order valence-corrected chi connectivity index (χ3v) is 4.88. The summed E-state index contributed by atoms with van der Waals surface area (Å²) in [5, 5.41) is 1.14. The molecule has 3 heterocycles. The zero-order chi connectivity index (χ0) is 15.3. The molecule has 5 nitrogen and oxygen atoms in total. The molecule has 22 heavy (non-hydrogen) atoms. The molecule has 1 amide bonds. The van der Waals surface area contributed by atoms with Crippen molar-refractivity contribution in [3.05, 3.63) is 35.5 Å². The number of ether oxygens (including phenoxy) is 1. The van der Waals surface area contributed by atoms with Gasteiger partial charge in [0.1, 0.15) is 6.04 Å². The number of aromatic nitrogens is 1. The van der Waals surface area contributed by atoms with Crippen molar-refractivity contribution in [1.29, 1.82) is 0 Å². The number of nitrogens with zero attached hydrogens (tertiary/aromatic N) is 1. The monoisotopic (exact) mass is 298 g/mol. The molecule has 2 aliphatic rings. The molecule has 0 unspecified atom stereocenters. The number of piperidine rings is 1. The van der Waals surface area contributed by atoms with Crippen LogP contribution in [0.1, 0.15) is 36.6 Å². The van der Waals surface area contributed by atoms with Crippen LogP contribution in [0.15, 0.2) is 24.3 Å². The summed E-state index contributed by atoms with van der Waals surface area (Å²) >= 11 is 0. The molecule has 1 saturated heterocycles. The molecule has 0 spiro atoms. The van der Waals surface area contributed by atoms with Crippen molar-refractivity contribution in [2.75, 3.05) is 7.11 Å². The number of para-hydroxylation sites is 1. The van der Waals surface area contributed by atoms with E-state index in [1.54, 1.807) is 4.90 Å². The molecule has 0 bridgehead atoms. The first kappa shape index (κ1) is 13.4. The Kier molecular flexibility index (Phi) is 2.96. The van der Waals surface area contributed by atoms with Crippen LogP contribution in [0.3, 0.4) is 0 Å². The fourth-order valence-corrected chi connectivity index (χ4v) is 3.91. The van der Waals surface area contributed by atoms with Crippen LogP contribution in [0, 0.1) is 0 Å². The van der Waals surface area contributed by atoms with Crippen molar-refractivity contribution in [3.63, 3.8) is 0 Å². The third kappa shape index (κ3) is 1.78. The Balaban J connectivity index is 1.90. The van der Waals surface area contributed by atoms with Gasteiger partial charge in [0.05, 0.1) is 13.2 Å². The number of carbonyl (C=O) groups excluding carboxylic acids is 2. The third-order valence-electron chi connectivity index (χ3n) is 4.88. The number of aromatic amines is 1. The van der Waals surface area contributed by atoms with Gasteiger partial charge in [-0.1, -0.05) is 18.2 Å². The smallest absolute Gasteiger partial charge is 0.328 e. The van der Waals surface area contributed by atoms with Gasteiger partial charge in [-0.2, -0.15) is 0 Å². The molecule has 1 aromatic heterocycles. The zero-order valence-electron chi connectivity index (χ0n) is 12.5. The summed E-state index contributed by atoms with van der Waals surface area (Å²) < 4.78 is 4.95. The van der Waals surface area contributed by atoms with Crippen molar-refractivity contribution < 1.29 is 14.3 Å². The Morgan fingerprint density at radius 1 is 1.36 bits per heavy atom. The lowest BCUT2D eigenvalue weighted by Gasteiger charge is -2.43. The van der Waals surface area contributed by atoms with E-state index in [2.05, 4.69) is 11.1 Å². The van der Waals surface area contributed by atoms with Crippen LogP contribution in [-0.2, 0) is 20.7 Å². The van der Waals surface area contributed by atoms with Crippen molar-refractivity contribution >= 4 is 22.8 Å². The summed E-state index contributed by atoms with van der Waals surface area (Å²) in [5.74, 6) is -0.271. The van der Waals surface area contributed by atoms with Gasteiger partial charge < -0.3 is 14.6 Å². The summed E-state index contributed by atoms with van der Waals surface area (Å²) in [6.45, 7) is 0. The minimum Gasteiger partial charge on any atom is -0.467 e. The predicted molar refractivity (Wildman–Crippen MR) is 81.2 cm³/mol. The number of hydrogen-bond acceptors (Lipinski definition) is 3. The molecule has 0 aliphatic carbocycles. The van der Waals surface area contributed by atoms with Crippen LogP contribution in [-0.4, -0.2) is 34.9 Å². The molecule has 1 fully saturated rings. The van der Waals surface area contributed by atoms with Gasteiger partial charge >= 0.3 is 5.97 Å². The number of benzene rings is 1. The Hall–Kier alpha value is -2.30. The van der Waals surface area contributed by atoms with Crippen LogP contribution in [0.5, 0.6) is 0 Å². The molecule has 1 aromatic carbocycles. The Morgan fingerprint density at radius 2 is 2.18 bits per heavy atom. The van der Waals surface area contributed by atoms with E-state index in [4.69, 9.17) is 4.74 Å². The lowest BCUT2D eigenvalue weighted by molar-refractivity contribution is -0.158. The maximum Gasteiger partial charge on any atom is 0.328 e. The summed E-state index contributed by atoms with van der Waals surface area (Å²) in [7, 11) is 1.39. The van der Waals surface area contributed by atoms with Crippen molar-refractivity contribution in [2.45, 2.75) is 37.8 Å². The van der Waals surface area contributed by atoms with Crippen LogP contribution >= 0.6 is 0 Å². The largest absolute Gasteiger partial charge is 0.467 e. The van der Waals surface area contributed by atoms with Gasteiger partial charge in [-0.3, -0.25) is 4.79 Å². The Morgan fingerprint density at radius 3 is 3.00 bits per heavy atom. The van der Waals surface area contributed by atoms with Crippen LogP contribution in [0.25, 0.3) is 10.9 Å². The first-order chi connectivity index (χ1) is 10.7. The quantitative estimate of drug-likeness (QED) is 0.822. The minimum absolute atomic E-state index is 0.0403. The van der Waals surface area contributed by atoms with Crippen molar-refractivity contribution in [1.82, 2.24) is 9.88 Å². The highest BCUT2D eigenvalue weighted by molar-refractivity contribution is 5.90. The van der Waals surface area contributed by atoms with E-state index in [9.17, 15) is 9.59 Å². The minimum atomic E-state index is -0.505. The topological polar surface area (TPSA) is 62.4 Å². The second kappa shape index (κ2) is 4.87. The Labute approximate surface area is 128 Å². The summed E-state index contributed by atoms with van der Waals surface area (Å²) in [5.41, 5.74) is 3.31. The Bertz CT molecular complexity index is 764. The molecule has 2 aliphatic heterocycles. The van der Waals surface area contributed by atoms with Gasteiger partial charge in [-0.25, -0.2) is 4.79 Å². The lowest BCUT2D eigenvalue weighted by Crippen LogP contribution is -2.53. The predicted octanol–water partition coefficient (Wildman–Crippen LogP) is 2.32. The molecule has 2 atom stereocenters. The average Bonchev–Trinajstić information content (AvgIpc) is 2.92. The van der Waals surface area contributed by atoms with Crippen molar-refractivity contribution in [2.24, 2.45) is 0 Å². The highest BCUT2D eigenvalue weighted by Crippen LogP contribution is 2.42. The van der Waals surface area contributed by atoms with E-state index < -0.39 is 6.04 Å². The number of fused-ring (bicyclic) bond motifs is 5. The van der Waals surface area contributed by atoms with E-state index in [-0.39, 0.29) is 17.9 Å².